The zero-order valence-corrected chi connectivity index (χ0v) is 12.9. The van der Waals surface area contributed by atoms with Gasteiger partial charge in [0.05, 0.1) is 0 Å². The molecule has 0 aromatic heterocycles. The van der Waals surface area contributed by atoms with Crippen molar-refractivity contribution in [2.24, 2.45) is 0 Å². The van der Waals surface area contributed by atoms with E-state index in [1.807, 2.05) is 32.2 Å². The molecule has 1 rings (SSSR count). The SMILES string of the molecule is CSCCCC(=O)NC(C(=O)O)c1cccc(C)c1C. The smallest absolute Gasteiger partial charge is 0.330 e. The first kappa shape index (κ1) is 16.6. The molecule has 0 aliphatic rings. The van der Waals surface area contributed by atoms with Crippen LogP contribution in [0.15, 0.2) is 18.2 Å². The molecule has 0 saturated heterocycles. The third kappa shape index (κ3) is 4.56. The molecule has 1 unspecified atom stereocenters. The lowest BCUT2D eigenvalue weighted by atomic mass is 9.97. The Hall–Kier alpha value is -1.49. The van der Waals surface area contributed by atoms with Crippen LogP contribution in [0.3, 0.4) is 0 Å². The molecule has 1 aromatic rings. The standard InChI is InChI=1S/C15H21NO3S/c1-10-6-4-7-12(11(10)2)14(15(18)19)16-13(17)8-5-9-20-3/h4,6-7,14H,5,8-9H2,1-3H3,(H,16,17)(H,18,19). The highest BCUT2D eigenvalue weighted by molar-refractivity contribution is 7.98. The molecule has 0 spiro atoms. The van der Waals surface area contributed by atoms with E-state index in [1.165, 1.54) is 0 Å². The Kier molecular flexibility index (Phi) is 6.58. The predicted molar refractivity (Wildman–Crippen MR) is 82.1 cm³/mol. The maximum absolute atomic E-state index is 11.8. The maximum atomic E-state index is 11.8. The zero-order valence-electron chi connectivity index (χ0n) is 12.1. The number of carbonyl (C=O) groups is 2. The topological polar surface area (TPSA) is 66.4 Å². The fraction of sp³-hybridized carbons (Fsp3) is 0.467. The van der Waals surface area contributed by atoms with Gasteiger partial charge in [-0.05, 0) is 49.0 Å². The normalized spacial score (nSPS) is 11.9. The summed E-state index contributed by atoms with van der Waals surface area (Å²) >= 11 is 1.67. The second kappa shape index (κ2) is 7.94. The summed E-state index contributed by atoms with van der Waals surface area (Å²) in [7, 11) is 0. The Morgan fingerprint density at radius 3 is 2.65 bits per heavy atom. The van der Waals surface area contributed by atoms with E-state index in [2.05, 4.69) is 5.32 Å². The first-order valence-corrected chi connectivity index (χ1v) is 7.94. The minimum absolute atomic E-state index is 0.215. The van der Waals surface area contributed by atoms with Crippen molar-refractivity contribution in [2.75, 3.05) is 12.0 Å². The third-order valence-corrected chi connectivity index (χ3v) is 3.96. The number of rotatable bonds is 7. The van der Waals surface area contributed by atoms with Crippen molar-refractivity contribution in [3.63, 3.8) is 0 Å². The van der Waals surface area contributed by atoms with E-state index >= 15 is 0 Å². The van der Waals surface area contributed by atoms with Crippen LogP contribution in [0.2, 0.25) is 0 Å². The largest absolute Gasteiger partial charge is 0.479 e. The molecule has 0 saturated carbocycles. The van der Waals surface area contributed by atoms with Gasteiger partial charge < -0.3 is 10.4 Å². The van der Waals surface area contributed by atoms with Crippen LogP contribution in [0.25, 0.3) is 0 Å². The van der Waals surface area contributed by atoms with Crippen molar-refractivity contribution in [3.8, 4) is 0 Å². The van der Waals surface area contributed by atoms with Gasteiger partial charge in [0.25, 0.3) is 0 Å². The molecule has 20 heavy (non-hydrogen) atoms. The van der Waals surface area contributed by atoms with Gasteiger partial charge in [0, 0.05) is 6.42 Å². The fourth-order valence-electron chi connectivity index (χ4n) is 1.97. The number of aliphatic carboxylic acids is 1. The first-order chi connectivity index (χ1) is 9.47. The van der Waals surface area contributed by atoms with E-state index < -0.39 is 12.0 Å². The van der Waals surface area contributed by atoms with E-state index in [4.69, 9.17) is 0 Å². The van der Waals surface area contributed by atoms with Crippen LogP contribution < -0.4 is 5.32 Å². The number of benzene rings is 1. The van der Waals surface area contributed by atoms with Crippen molar-refractivity contribution < 1.29 is 14.7 Å². The highest BCUT2D eigenvalue weighted by Crippen LogP contribution is 2.21. The van der Waals surface area contributed by atoms with Gasteiger partial charge in [-0.3, -0.25) is 4.79 Å². The van der Waals surface area contributed by atoms with Crippen LogP contribution in [0.1, 0.15) is 35.6 Å². The molecule has 0 aliphatic heterocycles. The van der Waals surface area contributed by atoms with Gasteiger partial charge in [0.1, 0.15) is 0 Å². The third-order valence-electron chi connectivity index (χ3n) is 3.26. The minimum Gasteiger partial charge on any atom is -0.479 e. The van der Waals surface area contributed by atoms with Crippen LogP contribution in [0.4, 0.5) is 0 Å². The van der Waals surface area contributed by atoms with Crippen molar-refractivity contribution in [3.05, 3.63) is 34.9 Å². The molecule has 1 aromatic carbocycles. The molecule has 0 fully saturated rings. The summed E-state index contributed by atoms with van der Waals surface area (Å²) in [4.78, 5) is 23.2. The van der Waals surface area contributed by atoms with Gasteiger partial charge in [0.15, 0.2) is 6.04 Å². The lowest BCUT2D eigenvalue weighted by Crippen LogP contribution is -2.34. The molecule has 0 heterocycles. The Bertz CT molecular complexity index is 488. The molecule has 2 N–H and O–H groups in total. The Morgan fingerprint density at radius 1 is 1.35 bits per heavy atom. The highest BCUT2D eigenvalue weighted by atomic mass is 32.2. The van der Waals surface area contributed by atoms with Gasteiger partial charge in [-0.1, -0.05) is 18.2 Å². The molecule has 0 radical (unpaired) electrons. The first-order valence-electron chi connectivity index (χ1n) is 6.54. The summed E-state index contributed by atoms with van der Waals surface area (Å²) in [5.41, 5.74) is 2.57. The summed E-state index contributed by atoms with van der Waals surface area (Å²) in [5.74, 6) is -0.349. The van der Waals surface area contributed by atoms with Gasteiger partial charge in [-0.15, -0.1) is 0 Å². The lowest BCUT2D eigenvalue weighted by molar-refractivity contribution is -0.142. The molecule has 4 nitrogen and oxygen atoms in total. The average Bonchev–Trinajstić information content (AvgIpc) is 2.40. The second-order valence-electron chi connectivity index (χ2n) is 4.72. The van der Waals surface area contributed by atoms with Crippen LogP contribution >= 0.6 is 11.8 Å². The van der Waals surface area contributed by atoms with Gasteiger partial charge in [-0.25, -0.2) is 4.79 Å². The molecule has 110 valence electrons. The van der Waals surface area contributed by atoms with E-state index in [9.17, 15) is 14.7 Å². The lowest BCUT2D eigenvalue weighted by Gasteiger charge is -2.18. The summed E-state index contributed by atoms with van der Waals surface area (Å²) in [5, 5.41) is 12.0. The quantitative estimate of drug-likeness (QED) is 0.759. The number of hydrogen-bond donors (Lipinski definition) is 2. The predicted octanol–water partition coefficient (Wildman–Crippen LogP) is 2.69. The van der Waals surface area contributed by atoms with Gasteiger partial charge in [0.2, 0.25) is 5.91 Å². The zero-order chi connectivity index (χ0) is 15.1. The monoisotopic (exact) mass is 295 g/mol. The minimum atomic E-state index is -1.03. The van der Waals surface area contributed by atoms with Crippen LogP contribution in [0, 0.1) is 13.8 Å². The van der Waals surface area contributed by atoms with E-state index in [1.54, 1.807) is 17.8 Å². The van der Waals surface area contributed by atoms with Crippen molar-refractivity contribution in [1.82, 2.24) is 5.32 Å². The Morgan fingerprint density at radius 2 is 2.05 bits per heavy atom. The summed E-state index contributed by atoms with van der Waals surface area (Å²) in [6, 6.07) is 4.52. The Labute approximate surface area is 124 Å². The second-order valence-corrected chi connectivity index (χ2v) is 5.71. The van der Waals surface area contributed by atoms with Crippen LogP contribution in [0.5, 0.6) is 0 Å². The molecule has 0 aliphatic carbocycles. The van der Waals surface area contributed by atoms with Crippen molar-refractivity contribution in [2.45, 2.75) is 32.7 Å². The number of carbonyl (C=O) groups excluding carboxylic acids is 1. The average molecular weight is 295 g/mol. The number of nitrogens with one attached hydrogen (secondary N) is 1. The Balaban J connectivity index is 2.82. The van der Waals surface area contributed by atoms with E-state index in [-0.39, 0.29) is 5.91 Å². The van der Waals surface area contributed by atoms with Crippen molar-refractivity contribution >= 4 is 23.6 Å². The number of thioether (sulfide) groups is 1. The summed E-state index contributed by atoms with van der Waals surface area (Å²) in [6.07, 6.45) is 3.09. The number of carboxylic acid groups (broad SMARTS) is 1. The van der Waals surface area contributed by atoms with Gasteiger partial charge in [-0.2, -0.15) is 11.8 Å². The van der Waals surface area contributed by atoms with Gasteiger partial charge >= 0.3 is 5.97 Å². The number of hydrogen-bond acceptors (Lipinski definition) is 3. The summed E-state index contributed by atoms with van der Waals surface area (Å²) in [6.45, 7) is 3.80. The van der Waals surface area contributed by atoms with Crippen LogP contribution in [-0.4, -0.2) is 29.0 Å². The van der Waals surface area contributed by atoms with E-state index in [0.29, 0.717) is 12.0 Å². The maximum Gasteiger partial charge on any atom is 0.330 e. The number of aryl methyl sites for hydroxylation is 1. The summed E-state index contributed by atoms with van der Waals surface area (Å²) < 4.78 is 0. The molecular weight excluding hydrogens is 274 g/mol. The molecule has 1 amide bonds. The molecule has 5 heteroatoms. The molecular formula is C15H21NO3S. The fourth-order valence-corrected chi connectivity index (χ4v) is 2.40. The van der Waals surface area contributed by atoms with Crippen molar-refractivity contribution in [1.29, 1.82) is 0 Å². The number of amides is 1. The molecule has 1 atom stereocenters. The van der Waals surface area contributed by atoms with Crippen LogP contribution in [-0.2, 0) is 9.59 Å². The molecule has 0 bridgehead atoms. The highest BCUT2D eigenvalue weighted by Gasteiger charge is 2.23. The number of carboxylic acids is 1. The van der Waals surface area contributed by atoms with E-state index in [0.717, 1.165) is 23.3 Å².